The Morgan fingerprint density at radius 3 is 2.47 bits per heavy atom. The van der Waals surface area contributed by atoms with Gasteiger partial charge in [-0.25, -0.2) is 0 Å². The van der Waals surface area contributed by atoms with Gasteiger partial charge < -0.3 is 0 Å². The molecule has 0 spiro atoms. The Bertz CT molecular complexity index is 552. The van der Waals surface area contributed by atoms with E-state index in [9.17, 15) is 4.79 Å². The molecule has 0 N–H and O–H groups in total. The summed E-state index contributed by atoms with van der Waals surface area (Å²) in [5.74, 6) is 0.0311. The number of carbonyl (C=O) groups is 1. The van der Waals surface area contributed by atoms with Crippen LogP contribution in [0.25, 0.3) is 6.08 Å². The van der Waals surface area contributed by atoms with Gasteiger partial charge in [-0.15, -0.1) is 11.3 Å². The highest BCUT2D eigenvalue weighted by Crippen LogP contribution is 2.17. The Kier molecular flexibility index (Phi) is 3.92. The molecule has 2 rings (SSSR count). The molecule has 0 aliphatic rings. The smallest absolute Gasteiger partial charge is 0.185 e. The number of benzene rings is 1. The summed E-state index contributed by atoms with van der Waals surface area (Å²) in [5, 5.41) is 0. The second-order valence-electron chi connectivity index (χ2n) is 3.65. The number of allylic oxidation sites excluding steroid dienone is 1. The maximum absolute atomic E-state index is 11.8. The Balaban J connectivity index is 2.11. The minimum atomic E-state index is 0.0311. The SMILES string of the molecule is Cc1ccc(/C=C/C(=O)c2ccc(Br)cc2)s1. The van der Waals surface area contributed by atoms with E-state index in [-0.39, 0.29) is 5.78 Å². The second kappa shape index (κ2) is 5.43. The highest BCUT2D eigenvalue weighted by molar-refractivity contribution is 9.10. The van der Waals surface area contributed by atoms with E-state index in [2.05, 4.69) is 28.9 Å². The van der Waals surface area contributed by atoms with Crippen LogP contribution in [0.2, 0.25) is 0 Å². The molecule has 86 valence electrons. The van der Waals surface area contributed by atoms with Crippen molar-refractivity contribution in [3.8, 4) is 0 Å². The fourth-order valence-electron chi connectivity index (χ4n) is 1.41. The first-order valence-electron chi connectivity index (χ1n) is 5.19. The lowest BCUT2D eigenvalue weighted by atomic mass is 10.1. The fraction of sp³-hybridized carbons (Fsp3) is 0.0714. The van der Waals surface area contributed by atoms with Gasteiger partial charge in [0, 0.05) is 19.8 Å². The molecule has 0 unspecified atom stereocenters. The molecule has 0 atom stereocenters. The average Bonchev–Trinajstić information content (AvgIpc) is 2.73. The maximum Gasteiger partial charge on any atom is 0.185 e. The molecule has 0 aliphatic heterocycles. The molecular formula is C14H11BrOS. The number of thiophene rings is 1. The van der Waals surface area contributed by atoms with E-state index in [1.807, 2.05) is 36.4 Å². The predicted molar refractivity (Wildman–Crippen MR) is 76.6 cm³/mol. The first-order valence-corrected chi connectivity index (χ1v) is 6.80. The van der Waals surface area contributed by atoms with Gasteiger partial charge in [0.1, 0.15) is 0 Å². The topological polar surface area (TPSA) is 17.1 Å². The van der Waals surface area contributed by atoms with E-state index < -0.39 is 0 Å². The summed E-state index contributed by atoms with van der Waals surface area (Å²) >= 11 is 5.03. The van der Waals surface area contributed by atoms with Gasteiger partial charge in [0.15, 0.2) is 5.78 Å². The molecule has 0 fully saturated rings. The van der Waals surface area contributed by atoms with Crippen molar-refractivity contribution in [3.05, 3.63) is 62.3 Å². The quantitative estimate of drug-likeness (QED) is 0.592. The molecule has 3 heteroatoms. The molecule has 1 nitrogen and oxygen atoms in total. The van der Waals surface area contributed by atoms with Crippen molar-refractivity contribution in [2.45, 2.75) is 6.92 Å². The Hall–Kier alpha value is -1.19. The summed E-state index contributed by atoms with van der Waals surface area (Å²) < 4.78 is 0.979. The molecule has 1 aromatic heterocycles. The van der Waals surface area contributed by atoms with E-state index >= 15 is 0 Å². The summed E-state index contributed by atoms with van der Waals surface area (Å²) in [5.41, 5.74) is 0.706. The molecule has 0 saturated carbocycles. The molecule has 2 aromatic rings. The number of hydrogen-bond donors (Lipinski definition) is 0. The summed E-state index contributed by atoms with van der Waals surface area (Å²) in [6, 6.07) is 11.4. The van der Waals surface area contributed by atoms with Crippen molar-refractivity contribution in [2.24, 2.45) is 0 Å². The van der Waals surface area contributed by atoms with Crippen LogP contribution in [0, 0.1) is 6.92 Å². The third-order valence-corrected chi connectivity index (χ3v) is 3.78. The van der Waals surface area contributed by atoms with Gasteiger partial charge in [-0.05, 0) is 55.5 Å². The van der Waals surface area contributed by atoms with Gasteiger partial charge in [-0.2, -0.15) is 0 Å². The van der Waals surface area contributed by atoms with Gasteiger partial charge in [0.25, 0.3) is 0 Å². The lowest BCUT2D eigenvalue weighted by Gasteiger charge is -1.95. The zero-order valence-corrected chi connectivity index (χ0v) is 11.7. The van der Waals surface area contributed by atoms with Crippen LogP contribution in [-0.2, 0) is 0 Å². The van der Waals surface area contributed by atoms with Crippen molar-refractivity contribution >= 4 is 39.1 Å². The first kappa shape index (κ1) is 12.3. The second-order valence-corrected chi connectivity index (χ2v) is 5.89. The van der Waals surface area contributed by atoms with Crippen LogP contribution in [0.4, 0.5) is 0 Å². The van der Waals surface area contributed by atoms with Crippen LogP contribution < -0.4 is 0 Å². The summed E-state index contributed by atoms with van der Waals surface area (Å²) in [6.07, 6.45) is 3.48. The van der Waals surface area contributed by atoms with Gasteiger partial charge >= 0.3 is 0 Å². The van der Waals surface area contributed by atoms with Crippen LogP contribution >= 0.6 is 27.3 Å². The molecule has 0 radical (unpaired) electrons. The van der Waals surface area contributed by atoms with Crippen LogP contribution in [0.5, 0.6) is 0 Å². The summed E-state index contributed by atoms with van der Waals surface area (Å²) in [7, 11) is 0. The molecule has 1 aromatic carbocycles. The predicted octanol–water partition coefficient (Wildman–Crippen LogP) is 4.72. The highest BCUT2D eigenvalue weighted by atomic mass is 79.9. The van der Waals surface area contributed by atoms with E-state index in [0.29, 0.717) is 5.56 Å². The molecule has 17 heavy (non-hydrogen) atoms. The van der Waals surface area contributed by atoms with Crippen molar-refractivity contribution in [3.63, 3.8) is 0 Å². The zero-order chi connectivity index (χ0) is 12.3. The third kappa shape index (κ3) is 3.38. The van der Waals surface area contributed by atoms with E-state index in [0.717, 1.165) is 9.35 Å². The lowest BCUT2D eigenvalue weighted by molar-refractivity contribution is 0.104. The number of halogens is 1. The Morgan fingerprint density at radius 1 is 1.18 bits per heavy atom. The molecule has 1 heterocycles. The third-order valence-electron chi connectivity index (χ3n) is 2.29. The highest BCUT2D eigenvalue weighted by Gasteiger charge is 2.01. The Morgan fingerprint density at radius 2 is 1.88 bits per heavy atom. The zero-order valence-electron chi connectivity index (χ0n) is 9.31. The number of ketones is 1. The van der Waals surface area contributed by atoms with Crippen LogP contribution in [0.1, 0.15) is 20.1 Å². The molecule has 0 bridgehead atoms. The molecule has 0 saturated heterocycles. The van der Waals surface area contributed by atoms with E-state index in [1.54, 1.807) is 17.4 Å². The molecule has 0 amide bonds. The van der Waals surface area contributed by atoms with Crippen molar-refractivity contribution < 1.29 is 4.79 Å². The van der Waals surface area contributed by atoms with Crippen molar-refractivity contribution in [2.75, 3.05) is 0 Å². The fourth-order valence-corrected chi connectivity index (χ4v) is 2.46. The standard InChI is InChI=1S/C14H11BrOS/c1-10-2-7-13(17-10)8-9-14(16)11-3-5-12(15)6-4-11/h2-9H,1H3/b9-8+. The van der Waals surface area contributed by atoms with Gasteiger partial charge in [-0.3, -0.25) is 4.79 Å². The average molecular weight is 307 g/mol. The number of hydrogen-bond acceptors (Lipinski definition) is 2. The van der Waals surface area contributed by atoms with Crippen molar-refractivity contribution in [1.82, 2.24) is 0 Å². The maximum atomic E-state index is 11.8. The molecule has 0 aliphatic carbocycles. The number of aryl methyl sites for hydroxylation is 1. The summed E-state index contributed by atoms with van der Waals surface area (Å²) in [4.78, 5) is 14.2. The van der Waals surface area contributed by atoms with Crippen LogP contribution in [0.3, 0.4) is 0 Å². The van der Waals surface area contributed by atoms with Gasteiger partial charge in [0.05, 0.1) is 0 Å². The van der Waals surface area contributed by atoms with Crippen LogP contribution in [0.15, 0.2) is 46.9 Å². The number of carbonyl (C=O) groups excluding carboxylic acids is 1. The minimum absolute atomic E-state index is 0.0311. The van der Waals surface area contributed by atoms with Crippen molar-refractivity contribution in [1.29, 1.82) is 0 Å². The normalized spacial score (nSPS) is 10.9. The lowest BCUT2D eigenvalue weighted by Crippen LogP contribution is -1.92. The summed E-state index contributed by atoms with van der Waals surface area (Å²) in [6.45, 7) is 2.05. The number of rotatable bonds is 3. The van der Waals surface area contributed by atoms with Gasteiger partial charge in [0.2, 0.25) is 0 Å². The monoisotopic (exact) mass is 306 g/mol. The van der Waals surface area contributed by atoms with E-state index in [1.165, 1.54) is 4.88 Å². The minimum Gasteiger partial charge on any atom is -0.289 e. The van der Waals surface area contributed by atoms with E-state index in [4.69, 9.17) is 0 Å². The first-order chi connectivity index (χ1) is 8.15. The largest absolute Gasteiger partial charge is 0.289 e. The molecular weight excluding hydrogens is 296 g/mol. The van der Waals surface area contributed by atoms with Gasteiger partial charge in [-0.1, -0.05) is 15.9 Å². The van der Waals surface area contributed by atoms with Crippen LogP contribution in [-0.4, -0.2) is 5.78 Å². The Labute approximate surface area is 113 Å².